The molecule has 0 heterocycles. The molecule has 0 aromatic rings. The molecule has 0 aliphatic rings. The zero-order chi connectivity index (χ0) is 49.9. The fraction of sp³-hybridized carbons (Fsp3) is 0.833. The van der Waals surface area contributed by atoms with Crippen LogP contribution < -0.4 is 21.7 Å². The number of carbonyl (C=O) groups is 8. The SMILES string of the molecule is C[C@@H](CCCCNC(=O)COCCOCCNC(=O)COCCOCCCC(=O)CC[C@H](NC(=O)CCCCCCCCCCCCCCCCC(=O)O)C(=O)O)C(=O)C[C@H](C(N)=O)[C@@H](C)O. The van der Waals surface area contributed by atoms with Crippen LogP contribution in [0.4, 0.5) is 0 Å². The minimum Gasteiger partial charge on any atom is -0.481 e. The summed E-state index contributed by atoms with van der Waals surface area (Å²) in [6.45, 7) is 4.95. The van der Waals surface area contributed by atoms with Gasteiger partial charge in [0.2, 0.25) is 23.6 Å². The first-order chi connectivity index (χ1) is 32.1. The molecule has 0 aliphatic heterocycles. The number of aliphatic hydroxyl groups is 1. The Bertz CT molecular complexity index is 1380. The van der Waals surface area contributed by atoms with E-state index >= 15 is 0 Å². The van der Waals surface area contributed by atoms with Crippen LogP contribution in [0, 0.1) is 11.8 Å². The second-order valence-corrected chi connectivity index (χ2v) is 17.3. The van der Waals surface area contributed by atoms with Crippen LogP contribution in [0.25, 0.3) is 0 Å². The standard InChI is InChI=1S/C48H86N4O15/c1-37(42(55)34-40(38(2)53)47(49)61)20-17-18-26-50-44(57)35-67-33-31-65-29-27-51-45(58)36-66-32-30-64-28-19-21-39(54)24-25-41(48(62)63)52-43(56)22-15-13-11-9-7-5-3-4-6-8-10-12-14-16-23-46(59)60/h37-38,40-41,53H,3-36H2,1-2H3,(H2,49,61)(H,50,57)(H,51,58)(H,52,56)(H,59,60)(H,62,63)/t37-,38+,40-,41-/m0/s1. The van der Waals surface area contributed by atoms with E-state index in [1.165, 1.54) is 51.9 Å². The molecule has 0 spiro atoms. The summed E-state index contributed by atoms with van der Waals surface area (Å²) < 4.78 is 21.5. The van der Waals surface area contributed by atoms with Gasteiger partial charge in [0.1, 0.15) is 30.8 Å². The summed E-state index contributed by atoms with van der Waals surface area (Å²) >= 11 is 0. The zero-order valence-corrected chi connectivity index (χ0v) is 40.7. The van der Waals surface area contributed by atoms with Gasteiger partial charge in [0.05, 0.1) is 45.1 Å². The summed E-state index contributed by atoms with van der Waals surface area (Å²) in [5.74, 6) is -4.93. The third kappa shape index (κ3) is 40.7. The minimum atomic E-state index is -1.16. The summed E-state index contributed by atoms with van der Waals surface area (Å²) in [7, 11) is 0. The number of carbonyl (C=O) groups excluding carboxylic acids is 6. The van der Waals surface area contributed by atoms with E-state index < -0.39 is 35.9 Å². The third-order valence-corrected chi connectivity index (χ3v) is 11.2. The molecule has 67 heavy (non-hydrogen) atoms. The lowest BCUT2D eigenvalue weighted by Crippen LogP contribution is -2.41. The number of ether oxygens (including phenoxy) is 4. The summed E-state index contributed by atoms with van der Waals surface area (Å²) in [5.41, 5.74) is 5.26. The van der Waals surface area contributed by atoms with E-state index in [2.05, 4.69) is 16.0 Å². The van der Waals surface area contributed by atoms with E-state index in [1.54, 1.807) is 6.92 Å². The van der Waals surface area contributed by atoms with Crippen molar-refractivity contribution in [3.63, 3.8) is 0 Å². The molecule has 388 valence electrons. The van der Waals surface area contributed by atoms with Crippen molar-refractivity contribution in [2.45, 2.75) is 180 Å². The number of nitrogens with two attached hydrogens (primary N) is 1. The monoisotopic (exact) mass is 959 g/mol. The average Bonchev–Trinajstić information content (AvgIpc) is 3.27. The van der Waals surface area contributed by atoms with Gasteiger partial charge in [-0.1, -0.05) is 90.4 Å². The predicted molar refractivity (Wildman–Crippen MR) is 251 cm³/mol. The average molecular weight is 959 g/mol. The van der Waals surface area contributed by atoms with Crippen molar-refractivity contribution in [1.29, 1.82) is 0 Å². The highest BCUT2D eigenvalue weighted by Crippen LogP contribution is 2.17. The fourth-order valence-electron chi connectivity index (χ4n) is 7.03. The maximum atomic E-state index is 12.4. The minimum absolute atomic E-state index is 0.0260. The molecule has 0 aliphatic carbocycles. The van der Waals surface area contributed by atoms with Gasteiger partial charge < -0.3 is 56.0 Å². The number of ketones is 2. The molecule has 8 N–H and O–H groups in total. The zero-order valence-electron chi connectivity index (χ0n) is 40.7. The van der Waals surface area contributed by atoms with Gasteiger partial charge in [0.15, 0.2) is 0 Å². The van der Waals surface area contributed by atoms with Gasteiger partial charge in [-0.2, -0.15) is 0 Å². The normalized spacial score (nSPS) is 13.0. The van der Waals surface area contributed by atoms with Crippen molar-refractivity contribution in [1.82, 2.24) is 16.0 Å². The van der Waals surface area contributed by atoms with Crippen molar-refractivity contribution in [2.24, 2.45) is 17.6 Å². The Morgan fingerprint density at radius 2 is 1.00 bits per heavy atom. The van der Waals surface area contributed by atoms with Crippen LogP contribution in [0.2, 0.25) is 0 Å². The number of hydrogen-bond acceptors (Lipinski definition) is 13. The van der Waals surface area contributed by atoms with Crippen molar-refractivity contribution >= 4 is 47.1 Å². The number of carboxylic acids is 2. The second kappa shape index (κ2) is 43.3. The van der Waals surface area contributed by atoms with Crippen LogP contribution in [0.1, 0.15) is 168 Å². The maximum absolute atomic E-state index is 12.4. The van der Waals surface area contributed by atoms with E-state index in [9.17, 15) is 48.6 Å². The number of Topliss-reactive ketones (excluding diaryl/α,β-unsaturated/α-hetero) is 2. The summed E-state index contributed by atoms with van der Waals surface area (Å²) in [6, 6.07) is -1.11. The van der Waals surface area contributed by atoms with Crippen LogP contribution in [0.3, 0.4) is 0 Å². The number of aliphatic carboxylic acids is 2. The number of rotatable bonds is 49. The van der Waals surface area contributed by atoms with Gasteiger partial charge in [-0.05, 0) is 45.4 Å². The predicted octanol–water partition coefficient (Wildman–Crippen LogP) is 4.56. The van der Waals surface area contributed by atoms with Crippen LogP contribution in [-0.4, -0.2) is 141 Å². The Hall–Kier alpha value is -4.04. The smallest absolute Gasteiger partial charge is 0.326 e. The Kier molecular flexibility index (Phi) is 40.6. The number of aliphatic hydroxyl groups excluding tert-OH is 1. The number of amides is 4. The fourth-order valence-corrected chi connectivity index (χ4v) is 7.03. The first-order valence-corrected chi connectivity index (χ1v) is 24.7. The van der Waals surface area contributed by atoms with E-state index in [0.717, 1.165) is 38.5 Å². The van der Waals surface area contributed by atoms with Gasteiger partial charge in [-0.15, -0.1) is 0 Å². The van der Waals surface area contributed by atoms with Crippen LogP contribution in [-0.2, 0) is 57.3 Å². The lowest BCUT2D eigenvalue weighted by Gasteiger charge is -2.18. The number of carboxylic acid groups (broad SMARTS) is 2. The topological polar surface area (TPSA) is 296 Å². The molecule has 0 bridgehead atoms. The Balaban J connectivity index is 3.70. The molecule has 0 rings (SSSR count). The Labute approximate surface area is 398 Å². The number of primary amides is 1. The molecular weight excluding hydrogens is 873 g/mol. The first-order valence-electron chi connectivity index (χ1n) is 24.7. The van der Waals surface area contributed by atoms with Crippen molar-refractivity contribution in [3.8, 4) is 0 Å². The highest BCUT2D eigenvalue weighted by molar-refractivity contribution is 5.87. The number of unbranched alkanes of at least 4 members (excludes halogenated alkanes) is 14. The van der Waals surface area contributed by atoms with Crippen LogP contribution >= 0.6 is 0 Å². The number of nitrogens with one attached hydrogen (secondary N) is 3. The van der Waals surface area contributed by atoms with E-state index in [4.69, 9.17) is 29.8 Å². The van der Waals surface area contributed by atoms with Crippen LogP contribution in [0.15, 0.2) is 0 Å². The largest absolute Gasteiger partial charge is 0.481 e. The molecule has 19 nitrogen and oxygen atoms in total. The number of hydrogen-bond donors (Lipinski definition) is 7. The molecule has 4 amide bonds. The molecule has 0 radical (unpaired) electrons. The molecule has 0 fully saturated rings. The Morgan fingerprint density at radius 3 is 1.51 bits per heavy atom. The van der Waals surface area contributed by atoms with Gasteiger partial charge in [-0.3, -0.25) is 33.6 Å². The maximum Gasteiger partial charge on any atom is 0.326 e. The van der Waals surface area contributed by atoms with Crippen LogP contribution in [0.5, 0.6) is 0 Å². The summed E-state index contributed by atoms with van der Waals surface area (Å²) in [5, 5.41) is 35.8. The third-order valence-electron chi connectivity index (χ3n) is 11.2. The molecule has 4 atom stereocenters. The van der Waals surface area contributed by atoms with Crippen molar-refractivity contribution in [3.05, 3.63) is 0 Å². The van der Waals surface area contributed by atoms with Gasteiger partial charge >= 0.3 is 11.9 Å². The van der Waals surface area contributed by atoms with E-state index in [1.807, 2.05) is 0 Å². The lowest BCUT2D eigenvalue weighted by molar-refractivity contribution is -0.142. The van der Waals surface area contributed by atoms with E-state index in [0.29, 0.717) is 45.3 Å². The first kappa shape index (κ1) is 63.0. The molecule has 0 aromatic carbocycles. The summed E-state index contributed by atoms with van der Waals surface area (Å²) in [6.07, 6.45) is 17.2. The van der Waals surface area contributed by atoms with Crippen molar-refractivity contribution < 1.29 is 72.6 Å². The molecular formula is C48H86N4O15. The molecule has 0 saturated heterocycles. The van der Waals surface area contributed by atoms with Crippen molar-refractivity contribution in [2.75, 3.05) is 65.9 Å². The van der Waals surface area contributed by atoms with Gasteiger partial charge in [0.25, 0.3) is 0 Å². The Morgan fingerprint density at radius 1 is 0.507 bits per heavy atom. The quantitative estimate of drug-likeness (QED) is 0.0412. The highest BCUT2D eigenvalue weighted by Gasteiger charge is 2.26. The van der Waals surface area contributed by atoms with E-state index in [-0.39, 0.29) is 127 Å². The second-order valence-electron chi connectivity index (χ2n) is 17.3. The van der Waals surface area contributed by atoms with Gasteiger partial charge in [-0.25, -0.2) is 4.79 Å². The highest BCUT2D eigenvalue weighted by atomic mass is 16.5. The molecule has 0 aromatic heterocycles. The summed E-state index contributed by atoms with van der Waals surface area (Å²) in [4.78, 5) is 94.6. The molecule has 0 saturated carbocycles. The lowest BCUT2D eigenvalue weighted by atomic mass is 9.89. The van der Waals surface area contributed by atoms with Gasteiger partial charge in [0, 0.05) is 57.7 Å². The molecule has 19 heteroatoms. The molecule has 0 unspecified atom stereocenters.